The van der Waals surface area contributed by atoms with E-state index in [9.17, 15) is 5.11 Å². The molecule has 5 heteroatoms. The number of β-amino-alcohol motifs (C(OH)–C–C–N with tert-alkyl or cyclic N) is 1. The van der Waals surface area contributed by atoms with Crippen molar-refractivity contribution in [1.29, 1.82) is 0 Å². The Morgan fingerprint density at radius 2 is 2.27 bits per heavy atom. The van der Waals surface area contributed by atoms with Crippen molar-refractivity contribution < 1.29 is 14.6 Å². The number of thiophene rings is 1. The van der Waals surface area contributed by atoms with Crippen LogP contribution < -0.4 is 0 Å². The Balaban J connectivity index is 1.49. The Bertz CT molecular complexity index is 459. The maximum absolute atomic E-state index is 10.3. The maximum Gasteiger partial charge on any atom is 0.0900 e. The van der Waals surface area contributed by atoms with Crippen molar-refractivity contribution in [3.63, 3.8) is 0 Å². The number of rotatable bonds is 6. The summed E-state index contributed by atoms with van der Waals surface area (Å²) in [6.45, 7) is 5.98. The summed E-state index contributed by atoms with van der Waals surface area (Å²) < 4.78 is 11.2. The van der Waals surface area contributed by atoms with E-state index in [0.29, 0.717) is 19.2 Å². The zero-order chi connectivity index (χ0) is 15.4. The minimum absolute atomic E-state index is 0.259. The quantitative estimate of drug-likeness (QED) is 0.873. The lowest BCUT2D eigenvalue weighted by molar-refractivity contribution is -0.0665. The summed E-state index contributed by atoms with van der Waals surface area (Å²) >= 11 is 1.87. The Kier molecular flexibility index (Phi) is 5.88. The van der Waals surface area contributed by atoms with Crippen molar-refractivity contribution in [3.8, 4) is 0 Å². The number of fused-ring (bicyclic) bond motifs is 1. The Morgan fingerprint density at radius 1 is 1.45 bits per heavy atom. The van der Waals surface area contributed by atoms with Crippen LogP contribution in [0.1, 0.15) is 42.7 Å². The molecule has 0 saturated carbocycles. The molecule has 1 aromatic heterocycles. The zero-order valence-electron chi connectivity index (χ0n) is 13.4. The lowest BCUT2D eigenvalue weighted by Gasteiger charge is -2.36. The van der Waals surface area contributed by atoms with E-state index >= 15 is 0 Å². The summed E-state index contributed by atoms with van der Waals surface area (Å²) in [7, 11) is 0. The van der Waals surface area contributed by atoms with Crippen molar-refractivity contribution in [1.82, 2.24) is 4.90 Å². The van der Waals surface area contributed by atoms with Crippen LogP contribution in [0, 0.1) is 0 Å². The fraction of sp³-hybridized carbons (Fsp3) is 0.765. The highest BCUT2D eigenvalue weighted by Crippen LogP contribution is 2.35. The number of hydrogen-bond donors (Lipinski definition) is 1. The van der Waals surface area contributed by atoms with Crippen LogP contribution in [-0.4, -0.2) is 55.1 Å². The molecule has 1 saturated heterocycles. The molecular weight excluding hydrogens is 298 g/mol. The van der Waals surface area contributed by atoms with Gasteiger partial charge in [0.15, 0.2) is 0 Å². The van der Waals surface area contributed by atoms with E-state index in [4.69, 9.17) is 9.47 Å². The van der Waals surface area contributed by atoms with E-state index in [1.807, 2.05) is 11.3 Å². The first-order valence-electron chi connectivity index (χ1n) is 8.45. The summed E-state index contributed by atoms with van der Waals surface area (Å²) in [6, 6.07) is 2.71. The first-order chi connectivity index (χ1) is 10.8. The monoisotopic (exact) mass is 325 g/mol. The Hall–Kier alpha value is -0.460. The van der Waals surface area contributed by atoms with E-state index in [-0.39, 0.29) is 6.10 Å². The van der Waals surface area contributed by atoms with Gasteiger partial charge in [-0.15, -0.1) is 11.3 Å². The molecule has 3 heterocycles. The molecule has 0 bridgehead atoms. The third-order valence-electron chi connectivity index (χ3n) is 4.73. The fourth-order valence-electron chi connectivity index (χ4n) is 3.56. The van der Waals surface area contributed by atoms with Crippen molar-refractivity contribution in [2.75, 3.05) is 32.9 Å². The van der Waals surface area contributed by atoms with Crippen LogP contribution in [0.3, 0.4) is 0 Å². The second-order valence-electron chi connectivity index (χ2n) is 6.27. The molecule has 1 N–H and O–H groups in total. The number of aliphatic hydroxyl groups is 1. The standard InChI is InChI=1S/C17H27NO3S/c1-2-16-15-6-10-22-17(15)3-7-18(16)11-13(19)12-21-14-4-8-20-9-5-14/h6,10,13-14,16,19H,2-5,7-9,11-12H2,1H3. The van der Waals surface area contributed by atoms with Gasteiger partial charge in [0, 0.05) is 37.2 Å². The molecule has 2 aliphatic heterocycles. The highest BCUT2D eigenvalue weighted by Gasteiger charge is 2.28. The second-order valence-corrected chi connectivity index (χ2v) is 7.27. The second kappa shape index (κ2) is 7.88. The Morgan fingerprint density at radius 3 is 3.05 bits per heavy atom. The van der Waals surface area contributed by atoms with Gasteiger partial charge in [-0.05, 0) is 42.7 Å². The molecular formula is C17H27NO3S. The van der Waals surface area contributed by atoms with Crippen molar-refractivity contribution in [3.05, 3.63) is 21.9 Å². The number of hydrogen-bond acceptors (Lipinski definition) is 5. The summed E-state index contributed by atoms with van der Waals surface area (Å²) in [4.78, 5) is 3.95. The van der Waals surface area contributed by atoms with Gasteiger partial charge < -0.3 is 14.6 Å². The third kappa shape index (κ3) is 3.89. The van der Waals surface area contributed by atoms with Crippen LogP contribution in [0.25, 0.3) is 0 Å². The first kappa shape index (κ1) is 16.4. The normalized spacial score (nSPS) is 25.1. The average molecular weight is 325 g/mol. The SMILES string of the molecule is CCC1c2ccsc2CCN1CC(O)COC1CCOCC1. The van der Waals surface area contributed by atoms with Gasteiger partial charge in [0.2, 0.25) is 0 Å². The van der Waals surface area contributed by atoms with E-state index in [1.165, 1.54) is 10.4 Å². The van der Waals surface area contributed by atoms with Gasteiger partial charge in [-0.2, -0.15) is 0 Å². The summed E-state index contributed by atoms with van der Waals surface area (Å²) in [5.74, 6) is 0. The van der Waals surface area contributed by atoms with Crippen LogP contribution in [-0.2, 0) is 15.9 Å². The molecule has 0 amide bonds. The van der Waals surface area contributed by atoms with Crippen LogP contribution >= 0.6 is 11.3 Å². The predicted octanol–water partition coefficient (Wildman–Crippen LogP) is 2.61. The topological polar surface area (TPSA) is 41.9 Å². The van der Waals surface area contributed by atoms with E-state index < -0.39 is 6.10 Å². The number of ether oxygens (including phenoxy) is 2. The lowest BCUT2D eigenvalue weighted by Crippen LogP contribution is -2.41. The molecule has 0 spiro atoms. The first-order valence-corrected chi connectivity index (χ1v) is 9.33. The van der Waals surface area contributed by atoms with E-state index in [1.54, 1.807) is 0 Å². The molecule has 4 nitrogen and oxygen atoms in total. The van der Waals surface area contributed by atoms with Crippen molar-refractivity contribution in [2.24, 2.45) is 0 Å². The summed E-state index contributed by atoms with van der Waals surface area (Å²) in [5.41, 5.74) is 1.47. The zero-order valence-corrected chi connectivity index (χ0v) is 14.2. The van der Waals surface area contributed by atoms with Crippen molar-refractivity contribution >= 4 is 11.3 Å². The van der Waals surface area contributed by atoms with E-state index in [0.717, 1.165) is 45.4 Å². The molecule has 2 aliphatic rings. The van der Waals surface area contributed by atoms with Crippen LogP contribution in [0.2, 0.25) is 0 Å². The van der Waals surface area contributed by atoms with Crippen molar-refractivity contribution in [2.45, 2.75) is 50.9 Å². The molecule has 0 aromatic carbocycles. The average Bonchev–Trinajstić information content (AvgIpc) is 3.02. The maximum atomic E-state index is 10.3. The van der Waals surface area contributed by atoms with Gasteiger partial charge >= 0.3 is 0 Å². The smallest absolute Gasteiger partial charge is 0.0900 e. The molecule has 1 aromatic rings. The van der Waals surface area contributed by atoms with Crippen LogP contribution in [0.4, 0.5) is 0 Å². The number of aliphatic hydroxyl groups excluding tert-OH is 1. The van der Waals surface area contributed by atoms with E-state index in [2.05, 4.69) is 23.3 Å². The minimum Gasteiger partial charge on any atom is -0.389 e. The van der Waals surface area contributed by atoms with Gasteiger partial charge in [0.1, 0.15) is 0 Å². The molecule has 124 valence electrons. The van der Waals surface area contributed by atoms with Gasteiger partial charge in [0.05, 0.1) is 18.8 Å². The summed E-state index contributed by atoms with van der Waals surface area (Å²) in [6.07, 6.45) is 3.96. The highest BCUT2D eigenvalue weighted by molar-refractivity contribution is 7.10. The molecule has 2 unspecified atom stereocenters. The van der Waals surface area contributed by atoms with Crippen LogP contribution in [0.15, 0.2) is 11.4 Å². The predicted molar refractivity (Wildman–Crippen MR) is 88.4 cm³/mol. The molecule has 22 heavy (non-hydrogen) atoms. The third-order valence-corrected chi connectivity index (χ3v) is 5.73. The van der Waals surface area contributed by atoms with Gasteiger partial charge in [-0.25, -0.2) is 0 Å². The molecule has 1 fully saturated rings. The Labute approximate surface area is 137 Å². The highest BCUT2D eigenvalue weighted by atomic mass is 32.1. The largest absolute Gasteiger partial charge is 0.389 e. The van der Waals surface area contributed by atoms with Gasteiger partial charge in [-0.3, -0.25) is 4.90 Å². The molecule has 0 radical (unpaired) electrons. The van der Waals surface area contributed by atoms with Gasteiger partial charge in [0.25, 0.3) is 0 Å². The van der Waals surface area contributed by atoms with Crippen LogP contribution in [0.5, 0.6) is 0 Å². The van der Waals surface area contributed by atoms with Gasteiger partial charge in [-0.1, -0.05) is 6.92 Å². The lowest BCUT2D eigenvalue weighted by atomic mass is 9.97. The number of nitrogens with zero attached hydrogens (tertiary/aromatic N) is 1. The molecule has 2 atom stereocenters. The molecule has 3 rings (SSSR count). The fourth-order valence-corrected chi connectivity index (χ4v) is 4.49. The molecule has 0 aliphatic carbocycles. The summed E-state index contributed by atoms with van der Waals surface area (Å²) in [5, 5.41) is 12.5. The minimum atomic E-state index is -0.405.